The van der Waals surface area contributed by atoms with Crippen molar-refractivity contribution >= 4 is 11.9 Å². The Balaban J connectivity index is 4.13. The monoisotopic (exact) mass is 369 g/mol. The number of carboxylic acid groups (broad SMARTS) is 1. The quantitative estimate of drug-likeness (QED) is 0.182. The summed E-state index contributed by atoms with van der Waals surface area (Å²) in [5.41, 5.74) is 0. The first-order valence-corrected chi connectivity index (χ1v) is 10.2. The predicted molar refractivity (Wildman–Crippen MR) is 106 cm³/mol. The lowest BCUT2D eigenvalue weighted by Gasteiger charge is -2.19. The zero-order chi connectivity index (χ0) is 19.8. The fourth-order valence-electron chi connectivity index (χ4n) is 2.69. The number of aliphatic carboxylic acids is 1. The predicted octanol–water partition coefficient (Wildman–Crippen LogP) is 4.86. The lowest BCUT2D eigenvalue weighted by atomic mass is 10.0. The van der Waals surface area contributed by atoms with Crippen molar-refractivity contribution in [2.45, 2.75) is 79.1 Å². The molecule has 5 heteroatoms. The van der Waals surface area contributed by atoms with Crippen LogP contribution in [0.4, 0.5) is 0 Å². The highest BCUT2D eigenvalue weighted by atomic mass is 16.5. The molecule has 0 aromatic heterocycles. The summed E-state index contributed by atoms with van der Waals surface area (Å²) in [5.74, 6) is -1.35. The van der Waals surface area contributed by atoms with E-state index in [1.165, 1.54) is 32.1 Å². The van der Waals surface area contributed by atoms with Crippen molar-refractivity contribution in [2.75, 3.05) is 19.8 Å². The lowest BCUT2D eigenvalue weighted by molar-refractivity contribution is -0.155. The highest BCUT2D eigenvalue weighted by Crippen LogP contribution is 2.13. The van der Waals surface area contributed by atoms with Gasteiger partial charge in [0.2, 0.25) is 0 Å². The molecule has 152 valence electrons. The molecular weight excluding hydrogens is 330 g/mol. The van der Waals surface area contributed by atoms with Crippen molar-refractivity contribution in [3.8, 4) is 0 Å². The molecule has 0 amide bonds. The van der Waals surface area contributed by atoms with Crippen LogP contribution in [0.1, 0.15) is 79.1 Å². The minimum absolute atomic E-state index is 0.214. The third kappa shape index (κ3) is 13.9. The molecule has 0 saturated carbocycles. The Labute approximate surface area is 159 Å². The number of esters is 1. The summed E-state index contributed by atoms with van der Waals surface area (Å²) in [6.45, 7) is 10.3. The Morgan fingerprint density at radius 2 is 1.65 bits per heavy atom. The molecule has 0 fully saturated rings. The molecule has 26 heavy (non-hydrogen) atoms. The Morgan fingerprint density at radius 3 is 2.23 bits per heavy atom. The van der Waals surface area contributed by atoms with Gasteiger partial charge in [-0.25, -0.2) is 0 Å². The van der Waals surface area contributed by atoms with E-state index in [1.54, 1.807) is 6.08 Å². The third-order valence-corrected chi connectivity index (χ3v) is 4.50. The summed E-state index contributed by atoms with van der Waals surface area (Å²) in [5, 5.41) is 9.01. The van der Waals surface area contributed by atoms with Gasteiger partial charge in [-0.1, -0.05) is 72.0 Å². The molecule has 1 N–H and O–H groups in total. The number of rotatable bonds is 16. The van der Waals surface area contributed by atoms with Gasteiger partial charge in [0, 0.05) is 0 Å². The number of carbonyl (C=O) groups excluding carboxylic acids is 1. The van der Waals surface area contributed by atoms with Gasteiger partial charge in [0.05, 0.1) is 12.3 Å². The maximum absolute atomic E-state index is 12.1. The maximum atomic E-state index is 12.1. The molecule has 0 aromatic rings. The topological polar surface area (TPSA) is 66.8 Å². The highest BCUT2D eigenvalue weighted by molar-refractivity contribution is 5.80. The standard InChI is InChI=1S/C21H39NO4/c1-5-22(6-2)17-26-21(25)19(16-20(23)24)15-13-11-9-7-8-10-12-14-18(3)4/h13,15,18-19H,5-12,14,16-17H2,1-4H3,(H,23,24). The molecule has 0 spiro atoms. The Morgan fingerprint density at radius 1 is 1.04 bits per heavy atom. The lowest BCUT2D eigenvalue weighted by Crippen LogP contribution is -2.30. The molecule has 5 nitrogen and oxygen atoms in total. The third-order valence-electron chi connectivity index (χ3n) is 4.50. The summed E-state index contributed by atoms with van der Waals surface area (Å²) in [4.78, 5) is 25.1. The van der Waals surface area contributed by atoms with Crippen LogP contribution in [0.25, 0.3) is 0 Å². The summed E-state index contributed by atoms with van der Waals surface area (Å²) in [6, 6.07) is 0. The van der Waals surface area contributed by atoms with Crippen LogP contribution in [0.15, 0.2) is 12.2 Å². The largest absolute Gasteiger partial charge is 0.481 e. The average Bonchev–Trinajstić information content (AvgIpc) is 2.59. The van der Waals surface area contributed by atoms with Gasteiger partial charge in [-0.3, -0.25) is 14.5 Å². The van der Waals surface area contributed by atoms with Crippen LogP contribution in [0.5, 0.6) is 0 Å². The van der Waals surface area contributed by atoms with Gasteiger partial charge in [-0.05, 0) is 31.8 Å². The number of carboxylic acids is 1. The van der Waals surface area contributed by atoms with Crippen LogP contribution in [0.2, 0.25) is 0 Å². The second-order valence-electron chi connectivity index (χ2n) is 7.27. The van der Waals surface area contributed by atoms with Crippen LogP contribution in [-0.2, 0) is 14.3 Å². The van der Waals surface area contributed by atoms with E-state index in [0.717, 1.165) is 31.8 Å². The van der Waals surface area contributed by atoms with Crippen molar-refractivity contribution in [3.05, 3.63) is 12.2 Å². The zero-order valence-electron chi connectivity index (χ0n) is 17.2. The van der Waals surface area contributed by atoms with Gasteiger partial charge in [-0.15, -0.1) is 0 Å². The number of nitrogens with zero attached hydrogens (tertiary/aromatic N) is 1. The van der Waals surface area contributed by atoms with E-state index in [-0.39, 0.29) is 13.2 Å². The second-order valence-corrected chi connectivity index (χ2v) is 7.27. The van der Waals surface area contributed by atoms with Crippen LogP contribution < -0.4 is 0 Å². The molecule has 0 radical (unpaired) electrons. The van der Waals surface area contributed by atoms with Gasteiger partial charge in [0.25, 0.3) is 0 Å². The Hall–Kier alpha value is -1.36. The first-order valence-electron chi connectivity index (χ1n) is 10.2. The minimum Gasteiger partial charge on any atom is -0.481 e. The number of unbranched alkanes of at least 4 members (excludes halogenated alkanes) is 5. The fraction of sp³-hybridized carbons (Fsp3) is 0.810. The SMILES string of the molecule is CCN(CC)COC(=O)C(C=CCCCCCCCC(C)C)CC(=O)O. The number of hydrogen-bond acceptors (Lipinski definition) is 4. The van der Waals surface area contributed by atoms with E-state index in [2.05, 4.69) is 13.8 Å². The van der Waals surface area contributed by atoms with Crippen LogP contribution in [-0.4, -0.2) is 41.8 Å². The van der Waals surface area contributed by atoms with E-state index in [9.17, 15) is 9.59 Å². The number of hydrogen-bond donors (Lipinski definition) is 1. The molecule has 0 heterocycles. The molecular formula is C21H39NO4. The van der Waals surface area contributed by atoms with Crippen molar-refractivity contribution in [1.82, 2.24) is 4.90 Å². The molecule has 0 aliphatic carbocycles. The summed E-state index contributed by atoms with van der Waals surface area (Å²) in [6.07, 6.45) is 11.7. The molecule has 0 aliphatic heterocycles. The van der Waals surface area contributed by atoms with E-state index in [1.807, 2.05) is 24.8 Å². The first kappa shape index (κ1) is 24.6. The van der Waals surface area contributed by atoms with Gasteiger partial charge in [-0.2, -0.15) is 0 Å². The van der Waals surface area contributed by atoms with Crippen molar-refractivity contribution < 1.29 is 19.4 Å². The molecule has 0 bridgehead atoms. The summed E-state index contributed by atoms with van der Waals surface area (Å²) < 4.78 is 5.26. The van der Waals surface area contributed by atoms with Crippen molar-refractivity contribution in [1.29, 1.82) is 0 Å². The smallest absolute Gasteiger partial charge is 0.314 e. The summed E-state index contributed by atoms with van der Waals surface area (Å²) >= 11 is 0. The average molecular weight is 370 g/mol. The van der Waals surface area contributed by atoms with Gasteiger partial charge < -0.3 is 9.84 Å². The number of ether oxygens (including phenoxy) is 1. The van der Waals surface area contributed by atoms with Gasteiger partial charge in [0.15, 0.2) is 0 Å². The normalized spacial score (nSPS) is 12.8. The Kier molecular flexibility index (Phi) is 15.0. The molecule has 1 atom stereocenters. The highest BCUT2D eigenvalue weighted by Gasteiger charge is 2.20. The van der Waals surface area contributed by atoms with E-state index >= 15 is 0 Å². The minimum atomic E-state index is -0.982. The van der Waals surface area contributed by atoms with E-state index in [0.29, 0.717) is 0 Å². The molecule has 0 aromatic carbocycles. The maximum Gasteiger partial charge on any atom is 0.314 e. The van der Waals surface area contributed by atoms with Gasteiger partial charge >= 0.3 is 11.9 Å². The first-order chi connectivity index (χ1) is 12.4. The van der Waals surface area contributed by atoms with E-state index < -0.39 is 17.9 Å². The molecule has 1 unspecified atom stereocenters. The van der Waals surface area contributed by atoms with Crippen molar-refractivity contribution in [3.63, 3.8) is 0 Å². The zero-order valence-corrected chi connectivity index (χ0v) is 17.2. The van der Waals surface area contributed by atoms with Crippen LogP contribution in [0, 0.1) is 11.8 Å². The molecule has 0 aliphatic rings. The van der Waals surface area contributed by atoms with Crippen molar-refractivity contribution in [2.24, 2.45) is 11.8 Å². The van der Waals surface area contributed by atoms with Crippen LogP contribution in [0.3, 0.4) is 0 Å². The molecule has 0 rings (SSSR count). The second kappa shape index (κ2) is 15.9. The molecule has 0 saturated heterocycles. The summed E-state index contributed by atoms with van der Waals surface area (Å²) in [7, 11) is 0. The van der Waals surface area contributed by atoms with Gasteiger partial charge in [0.1, 0.15) is 6.73 Å². The van der Waals surface area contributed by atoms with E-state index in [4.69, 9.17) is 9.84 Å². The Bertz CT molecular complexity index is 403. The van der Waals surface area contributed by atoms with Crippen LogP contribution >= 0.6 is 0 Å². The number of allylic oxidation sites excluding steroid dienone is 1. The number of carbonyl (C=O) groups is 2. The fourth-order valence-corrected chi connectivity index (χ4v) is 2.69.